The fraction of sp³-hybridized carbons (Fsp3) is 0.320. The number of carbonyl (C=O) groups excluding carboxylic acids is 2. The van der Waals surface area contributed by atoms with E-state index in [4.69, 9.17) is 16.6 Å². The van der Waals surface area contributed by atoms with Crippen LogP contribution in [0.25, 0.3) is 22.2 Å². The Balaban J connectivity index is 1.38. The molecule has 0 bridgehead atoms. The van der Waals surface area contributed by atoms with Gasteiger partial charge in [0.05, 0.1) is 34.2 Å². The quantitative estimate of drug-likeness (QED) is 0.554. The number of benzene rings is 2. The second-order valence-electron chi connectivity index (χ2n) is 8.77. The van der Waals surface area contributed by atoms with Crippen molar-refractivity contribution in [2.45, 2.75) is 6.42 Å². The number of nitrogens with zero attached hydrogens (tertiary/aromatic N) is 3. The number of fused-ring (bicyclic) bond motifs is 1. The van der Waals surface area contributed by atoms with Crippen molar-refractivity contribution in [2.24, 2.45) is 5.92 Å². The molecule has 2 saturated heterocycles. The lowest BCUT2D eigenvalue weighted by Gasteiger charge is -2.36. The maximum absolute atomic E-state index is 13.6. The Kier molecular flexibility index (Phi) is 6.04. The summed E-state index contributed by atoms with van der Waals surface area (Å²) in [5.74, 6) is -0.704. The molecule has 3 heterocycles. The summed E-state index contributed by atoms with van der Waals surface area (Å²) in [6.45, 7) is 1.56. The zero-order valence-corrected chi connectivity index (χ0v) is 20.1. The Morgan fingerprint density at radius 3 is 2.32 bits per heavy atom. The number of carbonyl (C=O) groups is 2. The van der Waals surface area contributed by atoms with Crippen LogP contribution in [-0.2, 0) is 14.6 Å². The number of pyridine rings is 1. The van der Waals surface area contributed by atoms with E-state index in [1.165, 1.54) is 0 Å². The minimum absolute atomic E-state index is 0.0706. The van der Waals surface area contributed by atoms with Crippen molar-refractivity contribution in [3.8, 4) is 11.3 Å². The third kappa shape index (κ3) is 4.40. The van der Waals surface area contributed by atoms with E-state index in [1.807, 2.05) is 42.5 Å². The van der Waals surface area contributed by atoms with Crippen molar-refractivity contribution < 1.29 is 18.0 Å². The number of piperazine rings is 1. The summed E-state index contributed by atoms with van der Waals surface area (Å²) in [4.78, 5) is 34.5. The van der Waals surface area contributed by atoms with E-state index in [0.29, 0.717) is 54.4 Å². The van der Waals surface area contributed by atoms with Gasteiger partial charge in [-0.15, -0.1) is 0 Å². The third-order valence-corrected chi connectivity index (χ3v) is 8.65. The molecule has 1 atom stereocenters. The van der Waals surface area contributed by atoms with Gasteiger partial charge < -0.3 is 9.80 Å². The van der Waals surface area contributed by atoms with E-state index in [2.05, 4.69) is 0 Å². The number of sulfone groups is 1. The van der Waals surface area contributed by atoms with Crippen LogP contribution < -0.4 is 0 Å². The Labute approximate surface area is 203 Å². The van der Waals surface area contributed by atoms with Gasteiger partial charge in [-0.05, 0) is 24.6 Å². The third-order valence-electron chi connectivity index (χ3n) is 6.56. The number of para-hydroxylation sites is 1. The molecule has 7 nitrogen and oxygen atoms in total. The summed E-state index contributed by atoms with van der Waals surface area (Å²) in [5, 5.41) is 1.32. The minimum atomic E-state index is -3.12. The van der Waals surface area contributed by atoms with Gasteiger partial charge in [0.1, 0.15) is 0 Å². The molecular formula is C25H24ClN3O4S. The highest BCUT2D eigenvalue weighted by Crippen LogP contribution is 2.30. The first-order chi connectivity index (χ1) is 16.3. The molecule has 2 aliphatic rings. The van der Waals surface area contributed by atoms with Gasteiger partial charge in [-0.25, -0.2) is 13.4 Å². The molecule has 0 unspecified atom stereocenters. The average Bonchev–Trinajstić information content (AvgIpc) is 3.22. The predicted molar refractivity (Wildman–Crippen MR) is 131 cm³/mol. The first kappa shape index (κ1) is 22.8. The topological polar surface area (TPSA) is 87.7 Å². The molecule has 1 aromatic heterocycles. The molecule has 3 aromatic rings. The molecule has 34 heavy (non-hydrogen) atoms. The highest BCUT2D eigenvalue weighted by atomic mass is 35.5. The van der Waals surface area contributed by atoms with Crippen molar-refractivity contribution in [1.29, 1.82) is 0 Å². The van der Waals surface area contributed by atoms with Gasteiger partial charge in [-0.2, -0.15) is 0 Å². The number of hydrogen-bond acceptors (Lipinski definition) is 5. The minimum Gasteiger partial charge on any atom is -0.339 e. The molecular weight excluding hydrogens is 474 g/mol. The van der Waals surface area contributed by atoms with Crippen LogP contribution in [-0.4, -0.2) is 72.7 Å². The normalized spacial score (nSPS) is 20.0. The van der Waals surface area contributed by atoms with E-state index in [1.54, 1.807) is 21.9 Å². The summed E-state index contributed by atoms with van der Waals surface area (Å²) in [6.07, 6.45) is 0.383. The summed E-state index contributed by atoms with van der Waals surface area (Å²) in [6, 6.07) is 16.7. The first-order valence-corrected chi connectivity index (χ1v) is 13.5. The standard InChI is InChI=1S/C25H24ClN3O4S/c26-21-7-3-1-6-19(21)23-15-20(18-5-2-4-8-22(18)27-23)25(31)29-12-10-28(11-13-29)24(30)17-9-14-34(32,33)16-17/h1-8,15,17H,9-14,16H2/t17-/m1/s1. The monoisotopic (exact) mass is 497 g/mol. The highest BCUT2D eigenvalue weighted by Gasteiger charge is 2.36. The van der Waals surface area contributed by atoms with Crippen LogP contribution in [0.4, 0.5) is 0 Å². The molecule has 0 saturated carbocycles. The Hall–Kier alpha value is -2.97. The second-order valence-corrected chi connectivity index (χ2v) is 11.4. The molecule has 0 radical (unpaired) electrons. The lowest BCUT2D eigenvalue weighted by atomic mass is 10.0. The van der Waals surface area contributed by atoms with Crippen molar-refractivity contribution in [3.05, 3.63) is 65.2 Å². The van der Waals surface area contributed by atoms with Crippen molar-refractivity contribution in [2.75, 3.05) is 37.7 Å². The summed E-state index contributed by atoms with van der Waals surface area (Å²) in [7, 11) is -3.12. The van der Waals surface area contributed by atoms with Gasteiger partial charge in [0, 0.05) is 42.2 Å². The van der Waals surface area contributed by atoms with Crippen LogP contribution >= 0.6 is 11.6 Å². The summed E-state index contributed by atoms with van der Waals surface area (Å²) >= 11 is 6.40. The van der Waals surface area contributed by atoms with E-state index in [9.17, 15) is 18.0 Å². The molecule has 9 heteroatoms. The Morgan fingerprint density at radius 2 is 1.62 bits per heavy atom. The Bertz CT molecular complexity index is 1380. The maximum atomic E-state index is 13.6. The van der Waals surface area contributed by atoms with Crippen LogP contribution in [0.15, 0.2) is 54.6 Å². The molecule has 0 spiro atoms. The van der Waals surface area contributed by atoms with Crippen molar-refractivity contribution in [1.82, 2.24) is 14.8 Å². The number of rotatable bonds is 3. The molecule has 0 aliphatic carbocycles. The molecule has 0 N–H and O–H groups in total. The zero-order chi connectivity index (χ0) is 23.9. The van der Waals surface area contributed by atoms with Crippen LogP contribution in [0.5, 0.6) is 0 Å². The van der Waals surface area contributed by atoms with Crippen LogP contribution in [0.3, 0.4) is 0 Å². The number of aromatic nitrogens is 1. The maximum Gasteiger partial charge on any atom is 0.254 e. The lowest BCUT2D eigenvalue weighted by molar-refractivity contribution is -0.136. The first-order valence-electron chi connectivity index (χ1n) is 11.3. The highest BCUT2D eigenvalue weighted by molar-refractivity contribution is 7.91. The van der Waals surface area contributed by atoms with E-state index >= 15 is 0 Å². The molecule has 2 aromatic carbocycles. The fourth-order valence-corrected chi connectivity index (χ4v) is 6.67. The van der Waals surface area contributed by atoms with Gasteiger partial charge in [-0.1, -0.05) is 48.0 Å². The summed E-state index contributed by atoms with van der Waals surface area (Å²) in [5.41, 5.74) is 2.64. The van der Waals surface area contributed by atoms with Gasteiger partial charge in [0.25, 0.3) is 5.91 Å². The van der Waals surface area contributed by atoms with Gasteiger partial charge in [-0.3, -0.25) is 9.59 Å². The van der Waals surface area contributed by atoms with Crippen molar-refractivity contribution in [3.63, 3.8) is 0 Å². The molecule has 2 amide bonds. The largest absolute Gasteiger partial charge is 0.339 e. The molecule has 176 valence electrons. The van der Waals surface area contributed by atoms with Crippen LogP contribution in [0.2, 0.25) is 5.02 Å². The van der Waals surface area contributed by atoms with Crippen molar-refractivity contribution >= 4 is 44.2 Å². The number of amides is 2. The van der Waals surface area contributed by atoms with Crippen LogP contribution in [0.1, 0.15) is 16.8 Å². The molecule has 5 rings (SSSR count). The number of halogens is 1. The smallest absolute Gasteiger partial charge is 0.254 e. The second kappa shape index (κ2) is 9.00. The summed E-state index contributed by atoms with van der Waals surface area (Å²) < 4.78 is 23.5. The zero-order valence-electron chi connectivity index (χ0n) is 18.5. The fourth-order valence-electron chi connectivity index (χ4n) is 4.71. The van der Waals surface area contributed by atoms with E-state index in [0.717, 1.165) is 10.9 Å². The van der Waals surface area contributed by atoms with Crippen LogP contribution in [0, 0.1) is 5.92 Å². The SMILES string of the molecule is O=C(c1cc(-c2ccccc2Cl)nc2ccccc12)N1CCN(C(=O)[C@@H]2CCS(=O)(=O)C2)CC1. The van der Waals surface area contributed by atoms with E-state index < -0.39 is 15.8 Å². The van der Waals surface area contributed by atoms with E-state index in [-0.39, 0.29) is 23.3 Å². The Morgan fingerprint density at radius 1 is 0.941 bits per heavy atom. The van der Waals surface area contributed by atoms with Gasteiger partial charge >= 0.3 is 0 Å². The molecule has 2 aliphatic heterocycles. The average molecular weight is 498 g/mol. The molecule has 2 fully saturated rings. The lowest BCUT2D eigenvalue weighted by Crippen LogP contribution is -2.52. The number of hydrogen-bond donors (Lipinski definition) is 0. The van der Waals surface area contributed by atoms with Gasteiger partial charge in [0.2, 0.25) is 5.91 Å². The predicted octanol–water partition coefficient (Wildman–Crippen LogP) is 3.27. The van der Waals surface area contributed by atoms with Gasteiger partial charge in [0.15, 0.2) is 9.84 Å².